The predicted molar refractivity (Wildman–Crippen MR) is 67.9 cm³/mol. The maximum atomic E-state index is 13.9. The van der Waals surface area contributed by atoms with E-state index in [1.54, 1.807) is 18.2 Å². The Morgan fingerprint density at radius 1 is 1.39 bits per heavy atom. The van der Waals surface area contributed by atoms with Gasteiger partial charge in [0.1, 0.15) is 0 Å². The third-order valence-corrected chi connectivity index (χ3v) is 3.61. The van der Waals surface area contributed by atoms with Gasteiger partial charge in [0.2, 0.25) is 0 Å². The normalized spacial score (nSPS) is 23.3. The van der Waals surface area contributed by atoms with Crippen LogP contribution in [0.15, 0.2) is 18.2 Å². The molecule has 0 aromatic heterocycles. The van der Waals surface area contributed by atoms with E-state index in [0.29, 0.717) is 18.0 Å². The third kappa shape index (κ3) is 2.82. The lowest BCUT2D eigenvalue weighted by Gasteiger charge is -2.19. The van der Waals surface area contributed by atoms with Crippen LogP contribution in [0.4, 0.5) is 4.39 Å². The zero-order valence-corrected chi connectivity index (χ0v) is 10.7. The average Bonchev–Trinajstić information content (AvgIpc) is 2.85. The van der Waals surface area contributed by atoms with Crippen molar-refractivity contribution in [1.29, 1.82) is 0 Å². The van der Waals surface area contributed by atoms with Crippen LogP contribution in [-0.2, 0) is 11.3 Å². The van der Waals surface area contributed by atoms with E-state index in [4.69, 9.17) is 15.2 Å². The molecular weight excluding hydrogens is 233 g/mol. The SMILES string of the molecule is COc1cccc(COC2CCCC2CN)c1F. The summed E-state index contributed by atoms with van der Waals surface area (Å²) in [7, 11) is 1.46. The van der Waals surface area contributed by atoms with Crippen molar-refractivity contribution in [3.8, 4) is 5.75 Å². The highest BCUT2D eigenvalue weighted by Gasteiger charge is 2.27. The Bertz CT molecular complexity index is 397. The van der Waals surface area contributed by atoms with E-state index < -0.39 is 0 Å². The van der Waals surface area contributed by atoms with Gasteiger partial charge in [0.05, 0.1) is 19.8 Å². The molecule has 0 aliphatic heterocycles. The van der Waals surface area contributed by atoms with Crippen molar-refractivity contribution in [2.45, 2.75) is 32.0 Å². The van der Waals surface area contributed by atoms with E-state index in [0.717, 1.165) is 19.3 Å². The van der Waals surface area contributed by atoms with Gasteiger partial charge in [-0.2, -0.15) is 0 Å². The summed E-state index contributed by atoms with van der Waals surface area (Å²) in [5.41, 5.74) is 6.23. The zero-order valence-electron chi connectivity index (χ0n) is 10.7. The fourth-order valence-corrected chi connectivity index (χ4v) is 2.51. The molecule has 1 saturated carbocycles. The average molecular weight is 253 g/mol. The van der Waals surface area contributed by atoms with Crippen LogP contribution in [0.5, 0.6) is 5.75 Å². The van der Waals surface area contributed by atoms with Crippen LogP contribution in [0.1, 0.15) is 24.8 Å². The Labute approximate surface area is 107 Å². The largest absolute Gasteiger partial charge is 0.494 e. The van der Waals surface area contributed by atoms with Gasteiger partial charge in [-0.3, -0.25) is 0 Å². The summed E-state index contributed by atoms with van der Waals surface area (Å²) >= 11 is 0. The molecule has 2 N–H and O–H groups in total. The van der Waals surface area contributed by atoms with Crippen molar-refractivity contribution in [2.75, 3.05) is 13.7 Å². The minimum absolute atomic E-state index is 0.167. The minimum Gasteiger partial charge on any atom is -0.494 e. The Hall–Kier alpha value is -1.13. The fraction of sp³-hybridized carbons (Fsp3) is 0.571. The lowest BCUT2D eigenvalue weighted by Crippen LogP contribution is -2.25. The zero-order chi connectivity index (χ0) is 13.0. The number of hydrogen-bond donors (Lipinski definition) is 1. The van der Waals surface area contributed by atoms with Crippen LogP contribution in [-0.4, -0.2) is 19.8 Å². The highest BCUT2D eigenvalue weighted by atomic mass is 19.1. The molecule has 0 radical (unpaired) electrons. The summed E-state index contributed by atoms with van der Waals surface area (Å²) in [6.07, 6.45) is 3.45. The van der Waals surface area contributed by atoms with Crippen molar-refractivity contribution in [3.05, 3.63) is 29.6 Å². The molecule has 0 spiro atoms. The standard InChI is InChI=1S/C14H20FNO2/c1-17-13-7-3-5-11(14(13)15)9-18-12-6-2-4-10(12)8-16/h3,5,7,10,12H,2,4,6,8-9,16H2,1H3. The van der Waals surface area contributed by atoms with Crippen molar-refractivity contribution < 1.29 is 13.9 Å². The van der Waals surface area contributed by atoms with E-state index >= 15 is 0 Å². The summed E-state index contributed by atoms with van der Waals surface area (Å²) in [4.78, 5) is 0. The number of ether oxygens (including phenoxy) is 2. The molecule has 1 aromatic rings. The smallest absolute Gasteiger partial charge is 0.170 e. The van der Waals surface area contributed by atoms with Crippen molar-refractivity contribution in [1.82, 2.24) is 0 Å². The highest BCUT2D eigenvalue weighted by molar-refractivity contribution is 5.30. The predicted octanol–water partition coefficient (Wildman–Crippen LogP) is 2.48. The molecule has 1 fully saturated rings. The maximum Gasteiger partial charge on any atom is 0.170 e. The molecule has 2 atom stereocenters. The lowest BCUT2D eigenvalue weighted by atomic mass is 10.1. The molecular formula is C14H20FNO2. The van der Waals surface area contributed by atoms with Crippen LogP contribution in [0.3, 0.4) is 0 Å². The number of benzene rings is 1. The number of nitrogens with two attached hydrogens (primary N) is 1. The number of rotatable bonds is 5. The van der Waals surface area contributed by atoms with E-state index in [1.807, 2.05) is 0 Å². The molecule has 2 rings (SSSR count). The maximum absolute atomic E-state index is 13.9. The quantitative estimate of drug-likeness (QED) is 0.876. The van der Waals surface area contributed by atoms with Gasteiger partial charge in [-0.15, -0.1) is 0 Å². The first kappa shape index (κ1) is 13.3. The van der Waals surface area contributed by atoms with Crippen molar-refractivity contribution in [2.24, 2.45) is 11.7 Å². The Balaban J connectivity index is 1.98. The van der Waals surface area contributed by atoms with E-state index in [1.165, 1.54) is 7.11 Å². The van der Waals surface area contributed by atoms with E-state index in [2.05, 4.69) is 0 Å². The minimum atomic E-state index is -0.331. The summed E-state index contributed by atoms with van der Waals surface area (Å²) in [5.74, 6) is 0.346. The van der Waals surface area contributed by atoms with Crippen LogP contribution in [0.25, 0.3) is 0 Å². The number of halogens is 1. The van der Waals surface area contributed by atoms with E-state index in [9.17, 15) is 4.39 Å². The fourth-order valence-electron chi connectivity index (χ4n) is 2.51. The molecule has 0 saturated heterocycles. The molecule has 18 heavy (non-hydrogen) atoms. The van der Waals surface area contributed by atoms with Crippen LogP contribution >= 0.6 is 0 Å². The monoisotopic (exact) mass is 253 g/mol. The summed E-state index contributed by atoms with van der Waals surface area (Å²) in [6, 6.07) is 5.11. The second-order valence-electron chi connectivity index (χ2n) is 4.71. The van der Waals surface area contributed by atoms with Crippen LogP contribution < -0.4 is 10.5 Å². The molecule has 0 bridgehead atoms. The molecule has 4 heteroatoms. The van der Waals surface area contributed by atoms with Gasteiger partial charge in [0.25, 0.3) is 0 Å². The third-order valence-electron chi connectivity index (χ3n) is 3.61. The van der Waals surface area contributed by atoms with Gasteiger partial charge >= 0.3 is 0 Å². The molecule has 1 aliphatic carbocycles. The highest BCUT2D eigenvalue weighted by Crippen LogP contribution is 2.29. The Kier molecular flexibility index (Phi) is 4.55. The van der Waals surface area contributed by atoms with Gasteiger partial charge < -0.3 is 15.2 Å². The number of methoxy groups -OCH3 is 1. The Morgan fingerprint density at radius 3 is 2.94 bits per heavy atom. The van der Waals surface area contributed by atoms with Gasteiger partial charge in [0.15, 0.2) is 11.6 Å². The van der Waals surface area contributed by atoms with Gasteiger partial charge in [0, 0.05) is 5.56 Å². The lowest BCUT2D eigenvalue weighted by molar-refractivity contribution is 0.0168. The summed E-state index contributed by atoms with van der Waals surface area (Å²) < 4.78 is 24.6. The van der Waals surface area contributed by atoms with Gasteiger partial charge in [-0.25, -0.2) is 4.39 Å². The molecule has 0 heterocycles. The second-order valence-corrected chi connectivity index (χ2v) is 4.71. The van der Waals surface area contributed by atoms with Gasteiger partial charge in [-0.05, 0) is 31.4 Å². The second kappa shape index (κ2) is 6.16. The molecule has 100 valence electrons. The summed E-state index contributed by atoms with van der Waals surface area (Å²) in [5, 5.41) is 0. The van der Waals surface area contributed by atoms with E-state index in [-0.39, 0.29) is 24.3 Å². The van der Waals surface area contributed by atoms with Crippen molar-refractivity contribution in [3.63, 3.8) is 0 Å². The number of hydrogen-bond acceptors (Lipinski definition) is 3. The first-order valence-corrected chi connectivity index (χ1v) is 6.39. The Morgan fingerprint density at radius 2 is 2.22 bits per heavy atom. The molecule has 1 aromatic carbocycles. The van der Waals surface area contributed by atoms with Gasteiger partial charge in [-0.1, -0.05) is 18.6 Å². The molecule has 1 aliphatic rings. The molecule has 3 nitrogen and oxygen atoms in total. The molecule has 2 unspecified atom stereocenters. The van der Waals surface area contributed by atoms with Crippen LogP contribution in [0.2, 0.25) is 0 Å². The van der Waals surface area contributed by atoms with Crippen LogP contribution in [0, 0.1) is 11.7 Å². The van der Waals surface area contributed by atoms with Crippen molar-refractivity contribution >= 4 is 0 Å². The first-order chi connectivity index (χ1) is 8.76. The molecule has 0 amide bonds. The summed E-state index contributed by atoms with van der Waals surface area (Å²) in [6.45, 7) is 0.926. The first-order valence-electron chi connectivity index (χ1n) is 6.39. The topological polar surface area (TPSA) is 44.5 Å².